The predicted octanol–water partition coefficient (Wildman–Crippen LogP) is 1.47. The summed E-state index contributed by atoms with van der Waals surface area (Å²) in [5, 5.41) is 11.6. The second-order valence-electron chi connectivity index (χ2n) is 3.15. The highest BCUT2D eigenvalue weighted by Gasteiger charge is 2.32. The van der Waals surface area contributed by atoms with E-state index in [4.69, 9.17) is 0 Å². The van der Waals surface area contributed by atoms with Crippen LogP contribution >= 0.6 is 0 Å². The Kier molecular flexibility index (Phi) is 2.30. The highest BCUT2D eigenvalue weighted by atomic mass is 15.6. The summed E-state index contributed by atoms with van der Waals surface area (Å²) >= 11 is 0. The van der Waals surface area contributed by atoms with Gasteiger partial charge in [0.15, 0.2) is 11.4 Å². The topological polar surface area (TPSA) is 44.0 Å². The second-order valence-corrected chi connectivity index (χ2v) is 3.15. The Hall–Kier alpha value is -1.65. The normalized spacial score (nSPS) is 19.9. The second kappa shape index (κ2) is 3.61. The molecule has 14 heavy (non-hydrogen) atoms. The van der Waals surface area contributed by atoms with Crippen molar-refractivity contribution in [3.8, 4) is 0 Å². The van der Waals surface area contributed by atoms with Gasteiger partial charge in [-0.3, -0.25) is 0 Å². The van der Waals surface area contributed by atoms with Crippen LogP contribution in [0.25, 0.3) is 0 Å². The van der Waals surface area contributed by atoms with Crippen LogP contribution in [-0.2, 0) is 6.54 Å². The van der Waals surface area contributed by atoms with Crippen LogP contribution in [-0.4, -0.2) is 11.7 Å². The molecule has 1 aliphatic rings. The molecule has 0 aromatic carbocycles. The molecule has 5 nitrogen and oxygen atoms in total. The van der Waals surface area contributed by atoms with E-state index in [2.05, 4.69) is 27.1 Å². The van der Waals surface area contributed by atoms with Gasteiger partial charge in [-0.25, -0.2) is 0 Å². The molecule has 2 heterocycles. The molecule has 0 spiro atoms. The summed E-state index contributed by atoms with van der Waals surface area (Å²) in [5.74, 6) is 0. The Morgan fingerprint density at radius 2 is 2.29 bits per heavy atom. The number of hydrogen-bond donors (Lipinski definition) is 0. The lowest BCUT2D eigenvalue weighted by Crippen LogP contribution is -2.39. The summed E-state index contributed by atoms with van der Waals surface area (Å²) in [6, 6.07) is 6.06. The Labute approximate surface area is 82.4 Å². The van der Waals surface area contributed by atoms with Crippen LogP contribution < -0.4 is 4.57 Å². The van der Waals surface area contributed by atoms with Gasteiger partial charge in [-0.15, -0.1) is 4.70 Å². The molecule has 0 fully saturated rings. The summed E-state index contributed by atoms with van der Waals surface area (Å²) in [6.45, 7) is 3.03. The van der Waals surface area contributed by atoms with Gasteiger partial charge in [0.2, 0.25) is 5.22 Å². The lowest BCUT2D eigenvalue weighted by atomic mass is 10.3. The van der Waals surface area contributed by atoms with Crippen molar-refractivity contribution in [1.29, 1.82) is 0 Å². The van der Waals surface area contributed by atoms with E-state index >= 15 is 0 Å². The third kappa shape index (κ3) is 1.41. The van der Waals surface area contributed by atoms with E-state index in [-0.39, 0.29) is 6.17 Å². The molecule has 2 rings (SSSR count). The molecule has 1 aromatic rings. The maximum atomic E-state index is 4.06. The molecule has 0 saturated carbocycles. The first-order valence-corrected chi connectivity index (χ1v) is 4.65. The number of hydrogen-bond acceptors (Lipinski definition) is 3. The van der Waals surface area contributed by atoms with Crippen LogP contribution in [0.2, 0.25) is 0 Å². The van der Waals surface area contributed by atoms with Crippen molar-refractivity contribution in [2.24, 2.45) is 15.6 Å². The van der Waals surface area contributed by atoms with Crippen molar-refractivity contribution in [1.82, 2.24) is 0 Å². The van der Waals surface area contributed by atoms with Gasteiger partial charge < -0.3 is 0 Å². The van der Waals surface area contributed by atoms with Crippen molar-refractivity contribution in [2.45, 2.75) is 19.6 Å². The fraction of sp³-hybridized carbons (Fsp3) is 0.444. The number of nitrogens with zero attached hydrogens (tertiary/aromatic N) is 5. The number of aromatic nitrogens is 1. The summed E-state index contributed by atoms with van der Waals surface area (Å²) in [5.41, 5.74) is 1.11. The molecule has 0 aliphatic carbocycles. The zero-order valence-corrected chi connectivity index (χ0v) is 8.33. The minimum absolute atomic E-state index is 0.0730. The molecule has 72 valence electrons. The van der Waals surface area contributed by atoms with Gasteiger partial charge in [0, 0.05) is 17.2 Å². The molecule has 1 aromatic heterocycles. The Morgan fingerprint density at radius 1 is 1.43 bits per heavy atom. The minimum atomic E-state index is -0.0730. The zero-order chi connectivity index (χ0) is 9.97. The lowest BCUT2D eigenvalue weighted by Gasteiger charge is -2.01. The van der Waals surface area contributed by atoms with Crippen LogP contribution in [0.15, 0.2) is 40.0 Å². The Morgan fingerprint density at radius 3 is 2.93 bits per heavy atom. The first-order valence-electron chi connectivity index (χ1n) is 4.65. The van der Waals surface area contributed by atoms with Crippen molar-refractivity contribution < 1.29 is 9.26 Å². The standard InChI is InChI=1S/C9H13N5/c1-3-14-7-5-4-6-8(14)9-10-11-12-13(9)2/h4-7,9H,3H2,1-2H3/q+2. The van der Waals surface area contributed by atoms with E-state index < -0.39 is 0 Å². The molecule has 0 N–H and O–H groups in total. The van der Waals surface area contributed by atoms with Gasteiger partial charge in [0.1, 0.15) is 13.6 Å². The molecule has 0 bridgehead atoms. The van der Waals surface area contributed by atoms with E-state index in [1.165, 1.54) is 0 Å². The average molecular weight is 191 g/mol. The summed E-state index contributed by atoms with van der Waals surface area (Å²) < 4.78 is 3.89. The van der Waals surface area contributed by atoms with E-state index in [0.717, 1.165) is 12.2 Å². The monoisotopic (exact) mass is 191 g/mol. The lowest BCUT2D eigenvalue weighted by molar-refractivity contribution is -0.725. The summed E-state index contributed by atoms with van der Waals surface area (Å²) in [7, 11) is 1.87. The number of aryl methyl sites for hydroxylation is 1. The highest BCUT2D eigenvalue weighted by molar-refractivity contribution is 4.99. The van der Waals surface area contributed by atoms with Gasteiger partial charge in [-0.1, -0.05) is 0 Å². The molecule has 1 unspecified atom stereocenters. The summed E-state index contributed by atoms with van der Waals surface area (Å²) in [4.78, 5) is 0. The predicted molar refractivity (Wildman–Crippen MR) is 48.5 cm³/mol. The first-order chi connectivity index (χ1) is 6.83. The van der Waals surface area contributed by atoms with Gasteiger partial charge in [0.25, 0.3) is 5.69 Å². The van der Waals surface area contributed by atoms with Gasteiger partial charge in [-0.05, 0) is 13.0 Å². The van der Waals surface area contributed by atoms with Crippen LogP contribution in [0, 0.1) is 0 Å². The first kappa shape index (κ1) is 8.93. The van der Waals surface area contributed by atoms with Crippen LogP contribution in [0.4, 0.5) is 0 Å². The number of pyridine rings is 1. The average Bonchev–Trinajstić information content (AvgIpc) is 2.64. The Bertz CT molecular complexity index is 396. The maximum absolute atomic E-state index is 4.06. The summed E-state index contributed by atoms with van der Waals surface area (Å²) in [6.07, 6.45) is 1.97. The smallest absolute Gasteiger partial charge is 0.197 e. The fourth-order valence-electron chi connectivity index (χ4n) is 1.52. The third-order valence-corrected chi connectivity index (χ3v) is 2.28. The molecule has 0 radical (unpaired) electrons. The highest BCUT2D eigenvalue weighted by Crippen LogP contribution is 2.19. The van der Waals surface area contributed by atoms with Crippen molar-refractivity contribution >= 4 is 0 Å². The molecule has 1 aliphatic heterocycles. The van der Waals surface area contributed by atoms with Crippen molar-refractivity contribution in [3.63, 3.8) is 0 Å². The Balaban J connectivity index is 2.41. The van der Waals surface area contributed by atoms with Gasteiger partial charge in [-0.2, -0.15) is 4.57 Å². The van der Waals surface area contributed by atoms with Crippen molar-refractivity contribution in [2.75, 3.05) is 7.05 Å². The quantitative estimate of drug-likeness (QED) is 0.635. The molecular formula is C9H13N5+2. The largest absolute Gasteiger partial charge is 0.334 e. The van der Waals surface area contributed by atoms with E-state index in [9.17, 15) is 0 Å². The van der Waals surface area contributed by atoms with Gasteiger partial charge in [0.05, 0.1) is 0 Å². The SMILES string of the molecule is CC[n+]1ccccc1C1N=NN=[N+]1C. The van der Waals surface area contributed by atoms with E-state index in [1.54, 1.807) is 4.70 Å². The molecule has 0 saturated heterocycles. The van der Waals surface area contributed by atoms with Crippen LogP contribution in [0.3, 0.4) is 0 Å². The van der Waals surface area contributed by atoms with E-state index in [1.807, 2.05) is 31.4 Å². The maximum Gasteiger partial charge on any atom is 0.334 e. The third-order valence-electron chi connectivity index (χ3n) is 2.28. The van der Waals surface area contributed by atoms with Crippen molar-refractivity contribution in [3.05, 3.63) is 30.1 Å². The van der Waals surface area contributed by atoms with Crippen LogP contribution in [0.1, 0.15) is 18.8 Å². The molecule has 0 amide bonds. The fourth-order valence-corrected chi connectivity index (χ4v) is 1.52. The molecular weight excluding hydrogens is 178 g/mol. The van der Waals surface area contributed by atoms with E-state index in [0.29, 0.717) is 0 Å². The molecule has 1 atom stereocenters. The van der Waals surface area contributed by atoms with Crippen LogP contribution in [0.5, 0.6) is 0 Å². The molecule has 5 heteroatoms. The number of rotatable bonds is 2. The zero-order valence-electron chi connectivity index (χ0n) is 8.33. The minimum Gasteiger partial charge on any atom is -0.197 e. The van der Waals surface area contributed by atoms with Gasteiger partial charge >= 0.3 is 6.17 Å².